The Kier molecular flexibility index (Phi) is 7.05. The highest BCUT2D eigenvalue weighted by molar-refractivity contribution is 7.89. The van der Waals surface area contributed by atoms with Gasteiger partial charge in [0.15, 0.2) is 0 Å². The van der Waals surface area contributed by atoms with E-state index in [1.165, 1.54) is 6.08 Å². The minimum atomic E-state index is -3.46. The van der Waals surface area contributed by atoms with E-state index in [4.69, 9.17) is 0 Å². The van der Waals surface area contributed by atoms with E-state index < -0.39 is 10.0 Å². The first-order valence-electron chi connectivity index (χ1n) is 10.3. The summed E-state index contributed by atoms with van der Waals surface area (Å²) in [6.07, 6.45) is 7.08. The number of hydrogen-bond donors (Lipinski definition) is 1. The third-order valence-electron chi connectivity index (χ3n) is 5.28. The lowest BCUT2D eigenvalue weighted by Gasteiger charge is -2.19. The Morgan fingerprint density at radius 1 is 1.03 bits per heavy atom. The molecule has 1 N–H and O–H groups in total. The van der Waals surface area contributed by atoms with Crippen molar-refractivity contribution in [3.05, 3.63) is 58.9 Å². The molecule has 2 aromatic rings. The molecule has 3 rings (SSSR count). The maximum atomic E-state index is 12.8. The zero-order valence-corrected chi connectivity index (χ0v) is 18.6. The lowest BCUT2D eigenvalue weighted by molar-refractivity contribution is -0.111. The molecule has 1 aromatic carbocycles. The van der Waals surface area contributed by atoms with Gasteiger partial charge in [-0.2, -0.15) is 4.31 Å². The molecule has 1 aromatic heterocycles. The molecule has 2 heterocycles. The fourth-order valence-corrected chi connectivity index (χ4v) is 5.25. The maximum Gasteiger partial charge on any atom is 0.248 e. The first-order chi connectivity index (χ1) is 14.3. The molecule has 0 spiro atoms. The van der Waals surface area contributed by atoms with E-state index in [1.54, 1.807) is 34.6 Å². The molecule has 0 saturated carbocycles. The molecule has 1 aliphatic heterocycles. The molecule has 160 valence electrons. The summed E-state index contributed by atoms with van der Waals surface area (Å²) in [6.45, 7) is 6.88. The van der Waals surface area contributed by atoms with Gasteiger partial charge >= 0.3 is 0 Å². The summed E-state index contributed by atoms with van der Waals surface area (Å²) >= 11 is 0. The van der Waals surface area contributed by atoms with Gasteiger partial charge < -0.3 is 5.32 Å². The second-order valence-corrected chi connectivity index (χ2v) is 9.69. The number of pyridine rings is 1. The van der Waals surface area contributed by atoms with Crippen molar-refractivity contribution in [1.82, 2.24) is 9.29 Å². The number of nitrogens with one attached hydrogen (secondary N) is 1. The van der Waals surface area contributed by atoms with Crippen LogP contribution in [0, 0.1) is 20.8 Å². The van der Waals surface area contributed by atoms with E-state index in [-0.39, 0.29) is 5.91 Å². The average molecular weight is 428 g/mol. The average Bonchev–Trinajstić information content (AvgIpc) is 2.99. The lowest BCUT2D eigenvalue weighted by atomic mass is 10.1. The van der Waals surface area contributed by atoms with Crippen molar-refractivity contribution in [3.8, 4) is 0 Å². The van der Waals surface area contributed by atoms with Crippen LogP contribution in [-0.4, -0.2) is 36.7 Å². The molecule has 0 radical (unpaired) electrons. The van der Waals surface area contributed by atoms with Crippen LogP contribution in [0.15, 0.2) is 41.3 Å². The molecular weight excluding hydrogens is 398 g/mol. The largest absolute Gasteiger partial charge is 0.321 e. The normalized spacial score (nSPS) is 15.8. The molecule has 1 aliphatic rings. The topological polar surface area (TPSA) is 79.4 Å². The number of aromatic nitrogens is 1. The van der Waals surface area contributed by atoms with Crippen LogP contribution in [0.2, 0.25) is 0 Å². The first-order valence-corrected chi connectivity index (χ1v) is 11.8. The van der Waals surface area contributed by atoms with Crippen molar-refractivity contribution in [2.24, 2.45) is 0 Å². The van der Waals surface area contributed by atoms with Crippen molar-refractivity contribution < 1.29 is 13.2 Å². The van der Waals surface area contributed by atoms with Gasteiger partial charge in [0.2, 0.25) is 15.9 Å². The van der Waals surface area contributed by atoms with Crippen LogP contribution < -0.4 is 5.32 Å². The van der Waals surface area contributed by atoms with Crippen molar-refractivity contribution >= 4 is 27.7 Å². The molecule has 30 heavy (non-hydrogen) atoms. The van der Waals surface area contributed by atoms with E-state index in [2.05, 4.69) is 10.3 Å². The van der Waals surface area contributed by atoms with Crippen LogP contribution >= 0.6 is 0 Å². The molecule has 1 fully saturated rings. The number of sulfonamides is 1. The van der Waals surface area contributed by atoms with Crippen LogP contribution in [0.25, 0.3) is 6.08 Å². The van der Waals surface area contributed by atoms with Gasteiger partial charge in [0.05, 0.1) is 16.3 Å². The number of carbonyl (C=O) groups excluding carboxylic acids is 1. The van der Waals surface area contributed by atoms with E-state index >= 15 is 0 Å². The molecule has 7 heteroatoms. The summed E-state index contributed by atoms with van der Waals surface area (Å²) in [4.78, 5) is 17.0. The zero-order chi connectivity index (χ0) is 21.7. The number of amides is 1. The van der Waals surface area contributed by atoms with Gasteiger partial charge in [-0.25, -0.2) is 8.42 Å². The quantitative estimate of drug-likeness (QED) is 0.725. The summed E-state index contributed by atoms with van der Waals surface area (Å²) in [6, 6.07) is 8.58. The zero-order valence-electron chi connectivity index (χ0n) is 17.8. The molecule has 0 unspecified atom stereocenters. The first kappa shape index (κ1) is 22.2. The van der Waals surface area contributed by atoms with E-state index in [1.807, 2.05) is 26.8 Å². The number of benzene rings is 1. The highest BCUT2D eigenvalue weighted by atomic mass is 32.2. The van der Waals surface area contributed by atoms with Crippen LogP contribution in [-0.2, 0) is 14.8 Å². The Hall–Kier alpha value is -2.51. The predicted molar refractivity (Wildman–Crippen MR) is 120 cm³/mol. The summed E-state index contributed by atoms with van der Waals surface area (Å²) in [7, 11) is -3.46. The Labute approximate surface area is 179 Å². The smallest absolute Gasteiger partial charge is 0.248 e. The molecule has 0 aliphatic carbocycles. The number of nitrogens with zero attached hydrogens (tertiary/aromatic N) is 2. The third-order valence-corrected chi connectivity index (χ3v) is 7.20. The highest BCUT2D eigenvalue weighted by Gasteiger charge is 2.24. The Bertz CT molecular complexity index is 1010. The monoisotopic (exact) mass is 427 g/mol. The predicted octanol–water partition coefficient (Wildman–Crippen LogP) is 4.22. The fourth-order valence-electron chi connectivity index (χ4n) is 3.73. The molecule has 0 bridgehead atoms. The minimum absolute atomic E-state index is 0.256. The van der Waals surface area contributed by atoms with Crippen LogP contribution in [0.4, 0.5) is 5.69 Å². The van der Waals surface area contributed by atoms with Gasteiger partial charge in [-0.3, -0.25) is 9.78 Å². The fraction of sp³-hybridized carbons (Fsp3) is 0.391. The Balaban J connectivity index is 1.68. The molecule has 0 atom stereocenters. The van der Waals surface area contributed by atoms with Crippen molar-refractivity contribution in [3.63, 3.8) is 0 Å². The molecule has 1 amide bonds. The van der Waals surface area contributed by atoms with E-state index in [0.29, 0.717) is 23.7 Å². The van der Waals surface area contributed by atoms with Crippen molar-refractivity contribution in [2.75, 3.05) is 18.4 Å². The summed E-state index contributed by atoms with van der Waals surface area (Å²) in [5.41, 5.74) is 4.13. The maximum absolute atomic E-state index is 12.8. The number of anilines is 1. The van der Waals surface area contributed by atoms with Gasteiger partial charge in [-0.15, -0.1) is 0 Å². The SMILES string of the molecule is Cc1cc(C)c(NC(=O)/C=C/c2ccc(S(=O)(=O)N3CCCCCC3)cc2)c(C)n1. The van der Waals surface area contributed by atoms with Gasteiger partial charge in [-0.05, 0) is 69.0 Å². The van der Waals surface area contributed by atoms with Crippen LogP contribution in [0.1, 0.15) is 48.2 Å². The Morgan fingerprint density at radius 3 is 2.27 bits per heavy atom. The van der Waals surface area contributed by atoms with Crippen molar-refractivity contribution in [2.45, 2.75) is 51.3 Å². The lowest BCUT2D eigenvalue weighted by Crippen LogP contribution is -2.31. The number of rotatable bonds is 5. The second kappa shape index (κ2) is 9.53. The second-order valence-electron chi connectivity index (χ2n) is 7.75. The van der Waals surface area contributed by atoms with Gasteiger partial charge in [0, 0.05) is 24.9 Å². The number of carbonyl (C=O) groups is 1. The van der Waals surface area contributed by atoms with Crippen molar-refractivity contribution in [1.29, 1.82) is 0 Å². The summed E-state index contributed by atoms with van der Waals surface area (Å²) in [5, 5.41) is 2.87. The van der Waals surface area contributed by atoms with Gasteiger partial charge in [0.1, 0.15) is 0 Å². The van der Waals surface area contributed by atoms with E-state index in [9.17, 15) is 13.2 Å². The van der Waals surface area contributed by atoms with Gasteiger partial charge in [-0.1, -0.05) is 25.0 Å². The molecular formula is C23H29N3O3S. The highest BCUT2D eigenvalue weighted by Crippen LogP contribution is 2.22. The minimum Gasteiger partial charge on any atom is -0.321 e. The summed E-state index contributed by atoms with van der Waals surface area (Å²) < 4.78 is 27.3. The van der Waals surface area contributed by atoms with E-state index in [0.717, 1.165) is 48.2 Å². The number of hydrogen-bond acceptors (Lipinski definition) is 4. The molecule has 1 saturated heterocycles. The van der Waals surface area contributed by atoms with Crippen LogP contribution in [0.5, 0.6) is 0 Å². The summed E-state index contributed by atoms with van der Waals surface area (Å²) in [5.74, 6) is -0.256. The molecule has 6 nitrogen and oxygen atoms in total. The van der Waals surface area contributed by atoms with Crippen LogP contribution in [0.3, 0.4) is 0 Å². The third kappa shape index (κ3) is 5.34. The number of aryl methyl sites for hydroxylation is 3. The van der Waals surface area contributed by atoms with Gasteiger partial charge in [0.25, 0.3) is 0 Å². The Morgan fingerprint density at radius 2 is 1.67 bits per heavy atom. The standard InChI is InChI=1S/C23H29N3O3S/c1-17-16-18(2)24-19(3)23(17)25-22(27)13-10-20-8-11-21(12-9-20)30(28,29)26-14-6-4-5-7-15-26/h8-13,16H,4-7,14-15H2,1-3H3,(H,25,27)/b13-10+.